The molecule has 1 heterocycles. The molecule has 0 aliphatic carbocycles. The third-order valence-electron chi connectivity index (χ3n) is 2.28. The number of nitrogens with one attached hydrogen (secondary N) is 1. The normalized spacial score (nSPS) is 17.9. The molecule has 5 heteroatoms. The molecule has 2 radical (unpaired) electrons. The van der Waals surface area contributed by atoms with E-state index in [-0.39, 0.29) is 11.3 Å². The number of amides is 1. The molecular formula is C12H18BN3O. The summed E-state index contributed by atoms with van der Waals surface area (Å²) in [5, 5.41) is 2.84. The highest BCUT2D eigenvalue weighted by Crippen LogP contribution is 2.15. The Labute approximate surface area is 104 Å². The molecule has 1 amide bonds. The van der Waals surface area contributed by atoms with E-state index < -0.39 is 0 Å². The Bertz CT molecular complexity index is 391. The van der Waals surface area contributed by atoms with Gasteiger partial charge < -0.3 is 10.1 Å². The standard InChI is InChI=1S/C12H18BN3O/c1-12(2,3)5-6-15-7-9-8-16(13)11(17)10(9)14-4/h5-7,14H,8H2,1-4H3/b6-5+,15-7?. The van der Waals surface area contributed by atoms with Gasteiger partial charge in [-0.05, 0) is 5.41 Å². The van der Waals surface area contributed by atoms with Crippen molar-refractivity contribution in [2.75, 3.05) is 13.6 Å². The second-order valence-electron chi connectivity index (χ2n) is 5.04. The van der Waals surface area contributed by atoms with E-state index in [4.69, 9.17) is 7.98 Å². The average Bonchev–Trinajstić information content (AvgIpc) is 2.48. The fourth-order valence-corrected chi connectivity index (χ4v) is 1.39. The minimum atomic E-state index is -0.200. The maximum Gasteiger partial charge on any atom is 0.257 e. The molecule has 1 rings (SSSR count). The third-order valence-corrected chi connectivity index (χ3v) is 2.28. The van der Waals surface area contributed by atoms with Crippen molar-refractivity contribution in [3.63, 3.8) is 0 Å². The molecule has 1 N–H and O–H groups in total. The smallest absolute Gasteiger partial charge is 0.257 e. The fourth-order valence-electron chi connectivity index (χ4n) is 1.39. The number of rotatable bonds is 3. The maximum atomic E-state index is 11.5. The van der Waals surface area contributed by atoms with Gasteiger partial charge in [-0.2, -0.15) is 0 Å². The van der Waals surface area contributed by atoms with Crippen LogP contribution in [-0.2, 0) is 4.79 Å². The summed E-state index contributed by atoms with van der Waals surface area (Å²) in [7, 11) is 7.23. The summed E-state index contributed by atoms with van der Waals surface area (Å²) in [6.07, 6.45) is 5.41. The van der Waals surface area contributed by atoms with Crippen LogP contribution in [0, 0.1) is 5.41 Å². The molecule has 0 aromatic carbocycles. The zero-order chi connectivity index (χ0) is 13.1. The van der Waals surface area contributed by atoms with Gasteiger partial charge in [0, 0.05) is 31.6 Å². The van der Waals surface area contributed by atoms with Gasteiger partial charge in [-0.1, -0.05) is 26.8 Å². The molecule has 90 valence electrons. The van der Waals surface area contributed by atoms with Gasteiger partial charge in [0.25, 0.3) is 5.91 Å². The van der Waals surface area contributed by atoms with Crippen molar-refractivity contribution in [3.8, 4) is 0 Å². The van der Waals surface area contributed by atoms with Crippen LogP contribution in [0.1, 0.15) is 20.8 Å². The van der Waals surface area contributed by atoms with Crippen LogP contribution in [0.15, 0.2) is 28.5 Å². The van der Waals surface area contributed by atoms with Gasteiger partial charge in [-0.25, -0.2) is 0 Å². The quantitative estimate of drug-likeness (QED) is 0.582. The first kappa shape index (κ1) is 13.5. The summed E-state index contributed by atoms with van der Waals surface area (Å²) in [6.45, 7) is 6.68. The van der Waals surface area contributed by atoms with E-state index in [2.05, 4.69) is 31.1 Å². The summed E-state index contributed by atoms with van der Waals surface area (Å²) in [4.78, 5) is 16.9. The number of hydrogen-bond acceptors (Lipinski definition) is 3. The molecule has 4 nitrogen and oxygen atoms in total. The summed E-state index contributed by atoms with van der Waals surface area (Å²) in [5.74, 6) is -0.200. The SMILES string of the molecule is [B]N1CC(C=N/C=C/C(C)(C)C)=C(NC)C1=O. The van der Waals surface area contributed by atoms with Gasteiger partial charge in [0.05, 0.1) is 0 Å². The number of carbonyl (C=O) groups is 1. The summed E-state index contributed by atoms with van der Waals surface area (Å²) in [6, 6.07) is 0. The van der Waals surface area contributed by atoms with Gasteiger partial charge in [-0.3, -0.25) is 9.79 Å². The van der Waals surface area contributed by atoms with Crippen molar-refractivity contribution < 1.29 is 4.79 Å². The van der Waals surface area contributed by atoms with Crippen molar-refractivity contribution in [1.82, 2.24) is 10.1 Å². The van der Waals surface area contributed by atoms with Crippen LogP contribution in [0.4, 0.5) is 0 Å². The van der Waals surface area contributed by atoms with E-state index in [9.17, 15) is 4.79 Å². The van der Waals surface area contributed by atoms with Crippen LogP contribution in [0.5, 0.6) is 0 Å². The number of aliphatic imine (C=N–C) groups is 1. The van der Waals surface area contributed by atoms with Crippen molar-refractivity contribution in [2.24, 2.45) is 10.4 Å². The molecule has 0 aromatic heterocycles. The van der Waals surface area contributed by atoms with Crippen LogP contribution in [0.2, 0.25) is 0 Å². The lowest BCUT2D eigenvalue weighted by Gasteiger charge is -2.09. The van der Waals surface area contributed by atoms with Gasteiger partial charge >= 0.3 is 0 Å². The topological polar surface area (TPSA) is 44.7 Å². The second-order valence-corrected chi connectivity index (χ2v) is 5.04. The molecule has 17 heavy (non-hydrogen) atoms. The van der Waals surface area contributed by atoms with Crippen LogP contribution in [0.25, 0.3) is 0 Å². The van der Waals surface area contributed by atoms with E-state index in [0.29, 0.717) is 12.2 Å². The molecule has 1 aliphatic rings. The summed E-state index contributed by atoms with van der Waals surface area (Å²) < 4.78 is 0. The Morgan fingerprint density at radius 2 is 2.12 bits per heavy atom. The number of carbonyl (C=O) groups excluding carboxylic acids is 1. The van der Waals surface area contributed by atoms with Gasteiger partial charge in [0.2, 0.25) is 7.98 Å². The predicted octanol–water partition coefficient (Wildman–Crippen LogP) is 1.02. The maximum absolute atomic E-state index is 11.5. The van der Waals surface area contributed by atoms with Gasteiger partial charge in [0.15, 0.2) is 0 Å². The highest BCUT2D eigenvalue weighted by atomic mass is 16.2. The van der Waals surface area contributed by atoms with E-state index in [1.54, 1.807) is 19.5 Å². The summed E-state index contributed by atoms with van der Waals surface area (Å²) in [5.41, 5.74) is 1.42. The van der Waals surface area contributed by atoms with Gasteiger partial charge in [-0.15, -0.1) is 0 Å². The van der Waals surface area contributed by atoms with Crippen LogP contribution < -0.4 is 5.32 Å². The predicted molar refractivity (Wildman–Crippen MR) is 70.6 cm³/mol. The van der Waals surface area contributed by atoms with Crippen molar-refractivity contribution >= 4 is 20.1 Å². The van der Waals surface area contributed by atoms with Crippen LogP contribution in [0.3, 0.4) is 0 Å². The van der Waals surface area contributed by atoms with Crippen molar-refractivity contribution in [3.05, 3.63) is 23.5 Å². The number of nitrogens with zero attached hydrogens (tertiary/aromatic N) is 2. The van der Waals surface area contributed by atoms with Crippen LogP contribution in [-0.4, -0.2) is 38.5 Å². The van der Waals surface area contributed by atoms with Crippen molar-refractivity contribution in [1.29, 1.82) is 0 Å². The van der Waals surface area contributed by atoms with E-state index in [1.807, 2.05) is 6.08 Å². The highest BCUT2D eigenvalue weighted by Gasteiger charge is 2.24. The zero-order valence-corrected chi connectivity index (χ0v) is 10.8. The minimum absolute atomic E-state index is 0.100. The highest BCUT2D eigenvalue weighted by molar-refractivity contribution is 6.21. The lowest BCUT2D eigenvalue weighted by atomic mass is 9.97. The second kappa shape index (κ2) is 5.21. The lowest BCUT2D eigenvalue weighted by molar-refractivity contribution is -0.121. The number of likely N-dealkylation sites (N-methyl/N-ethyl adjacent to an activating group) is 1. The molecule has 0 spiro atoms. The number of hydrogen-bond donors (Lipinski definition) is 1. The first-order valence-corrected chi connectivity index (χ1v) is 5.53. The molecule has 0 fully saturated rings. The van der Waals surface area contributed by atoms with E-state index in [1.165, 1.54) is 4.81 Å². The Morgan fingerprint density at radius 1 is 1.47 bits per heavy atom. The average molecular weight is 231 g/mol. The third kappa shape index (κ3) is 3.77. The molecule has 0 bridgehead atoms. The Kier molecular flexibility index (Phi) is 4.15. The molecular weight excluding hydrogens is 213 g/mol. The van der Waals surface area contributed by atoms with Gasteiger partial charge in [0.1, 0.15) is 5.70 Å². The Morgan fingerprint density at radius 3 is 2.65 bits per heavy atom. The largest absolute Gasteiger partial charge is 0.387 e. The summed E-state index contributed by atoms with van der Waals surface area (Å²) >= 11 is 0. The first-order chi connectivity index (χ1) is 7.85. The minimum Gasteiger partial charge on any atom is -0.387 e. The Hall–Kier alpha value is -1.52. The van der Waals surface area contributed by atoms with E-state index in [0.717, 1.165) is 5.57 Å². The van der Waals surface area contributed by atoms with E-state index >= 15 is 0 Å². The number of allylic oxidation sites excluding steroid dienone is 1. The van der Waals surface area contributed by atoms with Crippen molar-refractivity contribution in [2.45, 2.75) is 20.8 Å². The Balaban J connectivity index is 2.75. The monoisotopic (exact) mass is 231 g/mol. The lowest BCUT2D eigenvalue weighted by Crippen LogP contribution is -2.26. The molecule has 0 saturated carbocycles. The first-order valence-electron chi connectivity index (χ1n) is 5.53. The molecule has 0 unspecified atom stereocenters. The molecule has 0 atom stereocenters. The molecule has 0 aromatic rings. The molecule has 0 saturated heterocycles. The zero-order valence-electron chi connectivity index (χ0n) is 10.8. The molecule has 1 aliphatic heterocycles. The fraction of sp³-hybridized carbons (Fsp3) is 0.500. The van der Waals surface area contributed by atoms with Crippen LogP contribution >= 0.6 is 0 Å².